The molecule has 7 nitrogen and oxygen atoms in total. The minimum atomic E-state index is -0.549. The predicted molar refractivity (Wildman–Crippen MR) is 159 cm³/mol. The van der Waals surface area contributed by atoms with Gasteiger partial charge in [0.15, 0.2) is 5.13 Å². The molecular formula is C32H31FN4O3S. The SMILES string of the molecule is Cc1ccc(CNC(=O)C2=CCC(C(=O)Nc3nccs3)=C(c3cc(C(=O)NC4CC4)cc(F)c3C)C=C2)cc1C. The average Bonchev–Trinajstić information content (AvgIpc) is 3.67. The molecule has 2 aromatic carbocycles. The van der Waals surface area contributed by atoms with Crippen LogP contribution < -0.4 is 16.0 Å². The molecule has 2 aliphatic rings. The molecule has 1 saturated carbocycles. The molecule has 0 bridgehead atoms. The van der Waals surface area contributed by atoms with E-state index in [0.29, 0.717) is 39.5 Å². The van der Waals surface area contributed by atoms with Crippen LogP contribution in [0, 0.1) is 26.6 Å². The quantitative estimate of drug-likeness (QED) is 0.324. The number of allylic oxidation sites excluding steroid dienone is 3. The normalized spacial score (nSPS) is 14.8. The highest BCUT2D eigenvalue weighted by atomic mass is 32.1. The first-order valence-electron chi connectivity index (χ1n) is 13.5. The Morgan fingerprint density at radius 3 is 2.51 bits per heavy atom. The Bertz CT molecular complexity index is 1620. The lowest BCUT2D eigenvalue weighted by Gasteiger charge is -2.15. The van der Waals surface area contributed by atoms with Gasteiger partial charge in [-0.25, -0.2) is 9.37 Å². The van der Waals surface area contributed by atoms with Gasteiger partial charge in [-0.05, 0) is 91.6 Å². The van der Waals surface area contributed by atoms with Crippen LogP contribution in [0.25, 0.3) is 5.57 Å². The maximum absolute atomic E-state index is 15.2. The Labute approximate surface area is 242 Å². The first-order chi connectivity index (χ1) is 19.7. The summed E-state index contributed by atoms with van der Waals surface area (Å²) in [6.07, 6.45) is 8.47. The lowest BCUT2D eigenvalue weighted by molar-refractivity contribution is -0.117. The molecule has 0 radical (unpaired) electrons. The zero-order chi connectivity index (χ0) is 29.1. The van der Waals surface area contributed by atoms with Gasteiger partial charge in [-0.3, -0.25) is 19.7 Å². The van der Waals surface area contributed by atoms with E-state index >= 15 is 4.39 Å². The number of thiazole rings is 1. The Balaban J connectivity index is 1.46. The van der Waals surface area contributed by atoms with Crippen LogP contribution in [0.15, 0.2) is 71.3 Å². The van der Waals surface area contributed by atoms with Crippen LogP contribution in [0.5, 0.6) is 0 Å². The number of nitrogens with one attached hydrogen (secondary N) is 3. The van der Waals surface area contributed by atoms with Crippen LogP contribution in [-0.2, 0) is 16.1 Å². The topological polar surface area (TPSA) is 100 Å². The molecule has 5 rings (SSSR count). The van der Waals surface area contributed by atoms with Crippen molar-refractivity contribution >= 4 is 39.8 Å². The Kier molecular flexibility index (Phi) is 8.26. The Morgan fingerprint density at radius 2 is 1.80 bits per heavy atom. The standard InChI is InChI=1S/C32H31FN4O3S/c1-18-4-5-21(14-19(18)2)17-35-29(38)22-6-10-25(26(11-7-22)31(40)37-32-34-12-13-41-32)27-15-23(16-28(33)20(27)3)30(39)36-24-8-9-24/h4-7,10,12-16,24H,8-9,11,17H2,1-3H3,(H,35,38)(H,36,39)(H,34,37,40). The molecule has 3 N–H and O–H groups in total. The van der Waals surface area contributed by atoms with Gasteiger partial charge < -0.3 is 10.6 Å². The van der Waals surface area contributed by atoms with Crippen molar-refractivity contribution in [1.29, 1.82) is 0 Å². The number of carbonyl (C=O) groups excluding carboxylic acids is 3. The van der Waals surface area contributed by atoms with Gasteiger partial charge in [0.25, 0.3) is 17.7 Å². The number of rotatable bonds is 8. The fraction of sp³-hybridized carbons (Fsp3) is 0.250. The lowest BCUT2D eigenvalue weighted by atomic mass is 9.92. The molecule has 0 saturated heterocycles. The van der Waals surface area contributed by atoms with E-state index < -0.39 is 11.7 Å². The minimum absolute atomic E-state index is 0.112. The molecule has 1 fully saturated rings. The van der Waals surface area contributed by atoms with Gasteiger partial charge in [-0.2, -0.15) is 0 Å². The number of aromatic nitrogens is 1. The maximum atomic E-state index is 15.2. The molecule has 0 spiro atoms. The molecule has 3 amide bonds. The summed E-state index contributed by atoms with van der Waals surface area (Å²) in [6.45, 7) is 6.03. The highest BCUT2D eigenvalue weighted by molar-refractivity contribution is 7.13. The van der Waals surface area contributed by atoms with E-state index in [0.717, 1.165) is 24.0 Å². The van der Waals surface area contributed by atoms with Crippen LogP contribution in [0.3, 0.4) is 0 Å². The van der Waals surface area contributed by atoms with E-state index in [4.69, 9.17) is 0 Å². The highest BCUT2D eigenvalue weighted by Gasteiger charge is 2.26. The summed E-state index contributed by atoms with van der Waals surface area (Å²) in [5.41, 5.74) is 5.34. The fourth-order valence-corrected chi connectivity index (χ4v) is 5.07. The Hall–Kier alpha value is -4.37. The summed E-state index contributed by atoms with van der Waals surface area (Å²) in [7, 11) is 0. The zero-order valence-electron chi connectivity index (χ0n) is 23.1. The first-order valence-corrected chi connectivity index (χ1v) is 14.4. The van der Waals surface area contributed by atoms with Crippen molar-refractivity contribution in [2.75, 3.05) is 5.32 Å². The van der Waals surface area contributed by atoms with E-state index in [1.165, 1.54) is 23.0 Å². The largest absolute Gasteiger partial charge is 0.349 e. The van der Waals surface area contributed by atoms with Crippen molar-refractivity contribution < 1.29 is 18.8 Å². The number of hydrogen-bond donors (Lipinski definition) is 3. The van der Waals surface area contributed by atoms with Gasteiger partial charge in [0.05, 0.1) is 0 Å². The van der Waals surface area contributed by atoms with Gasteiger partial charge >= 0.3 is 0 Å². The van der Waals surface area contributed by atoms with E-state index in [-0.39, 0.29) is 29.8 Å². The number of amides is 3. The van der Waals surface area contributed by atoms with Crippen LogP contribution in [-0.4, -0.2) is 28.7 Å². The third-order valence-corrected chi connectivity index (χ3v) is 7.99. The molecule has 41 heavy (non-hydrogen) atoms. The van der Waals surface area contributed by atoms with Gasteiger partial charge in [-0.1, -0.05) is 30.4 Å². The second-order valence-electron chi connectivity index (χ2n) is 10.4. The number of benzene rings is 2. The number of hydrogen-bond acceptors (Lipinski definition) is 5. The van der Waals surface area contributed by atoms with Crippen molar-refractivity contribution in [2.45, 2.75) is 52.6 Å². The van der Waals surface area contributed by atoms with Gasteiger partial charge in [0.2, 0.25) is 0 Å². The zero-order valence-corrected chi connectivity index (χ0v) is 24.0. The monoisotopic (exact) mass is 570 g/mol. The van der Waals surface area contributed by atoms with Gasteiger partial charge in [0.1, 0.15) is 5.82 Å². The molecule has 0 unspecified atom stereocenters. The summed E-state index contributed by atoms with van der Waals surface area (Å²) >= 11 is 1.28. The van der Waals surface area contributed by atoms with Crippen LogP contribution in [0.2, 0.25) is 0 Å². The molecule has 0 atom stereocenters. The van der Waals surface area contributed by atoms with Gasteiger partial charge in [-0.15, -0.1) is 11.3 Å². The van der Waals surface area contributed by atoms with Crippen LogP contribution in [0.1, 0.15) is 57.4 Å². The second kappa shape index (κ2) is 12.0. The molecular weight excluding hydrogens is 539 g/mol. The highest BCUT2D eigenvalue weighted by Crippen LogP contribution is 2.32. The van der Waals surface area contributed by atoms with E-state index in [2.05, 4.69) is 20.9 Å². The second-order valence-corrected chi connectivity index (χ2v) is 11.3. The van der Waals surface area contributed by atoms with Crippen molar-refractivity contribution in [1.82, 2.24) is 15.6 Å². The fourth-order valence-electron chi connectivity index (χ4n) is 4.54. The lowest BCUT2D eigenvalue weighted by Crippen LogP contribution is -2.25. The van der Waals surface area contributed by atoms with E-state index in [1.807, 2.05) is 32.0 Å². The molecule has 3 aromatic rings. The summed E-state index contributed by atoms with van der Waals surface area (Å²) in [5, 5.41) is 10.8. The summed E-state index contributed by atoms with van der Waals surface area (Å²) in [4.78, 5) is 43.6. The third-order valence-electron chi connectivity index (χ3n) is 7.30. The smallest absolute Gasteiger partial charge is 0.254 e. The molecule has 2 aliphatic carbocycles. The molecule has 9 heteroatoms. The van der Waals surface area contributed by atoms with Crippen molar-refractivity contribution in [3.8, 4) is 0 Å². The minimum Gasteiger partial charge on any atom is -0.349 e. The van der Waals surface area contributed by atoms with Gasteiger partial charge in [0, 0.05) is 40.9 Å². The van der Waals surface area contributed by atoms with E-state index in [9.17, 15) is 14.4 Å². The number of nitrogens with zero attached hydrogens (tertiary/aromatic N) is 1. The first kappa shape index (κ1) is 28.2. The Morgan fingerprint density at radius 1 is 1.00 bits per heavy atom. The van der Waals surface area contributed by atoms with Crippen molar-refractivity contribution in [3.63, 3.8) is 0 Å². The van der Waals surface area contributed by atoms with Crippen LogP contribution in [0.4, 0.5) is 9.52 Å². The number of anilines is 1. The molecule has 1 aromatic heterocycles. The number of halogens is 1. The maximum Gasteiger partial charge on any atom is 0.254 e. The summed E-state index contributed by atoms with van der Waals surface area (Å²) in [5.74, 6) is -1.61. The number of carbonyl (C=O) groups is 3. The predicted octanol–water partition coefficient (Wildman–Crippen LogP) is 5.69. The molecule has 210 valence electrons. The molecule has 1 heterocycles. The van der Waals surface area contributed by atoms with E-state index in [1.54, 1.807) is 42.8 Å². The average molecular weight is 571 g/mol. The van der Waals surface area contributed by atoms with Crippen molar-refractivity contribution in [2.24, 2.45) is 0 Å². The molecule has 0 aliphatic heterocycles. The summed E-state index contributed by atoms with van der Waals surface area (Å²) in [6, 6.07) is 8.97. The number of aryl methyl sites for hydroxylation is 2. The third kappa shape index (κ3) is 6.69. The van der Waals surface area contributed by atoms with Crippen molar-refractivity contribution in [3.05, 3.63) is 110 Å². The van der Waals surface area contributed by atoms with Crippen LogP contribution >= 0.6 is 11.3 Å². The summed E-state index contributed by atoms with van der Waals surface area (Å²) < 4.78 is 15.2.